The van der Waals surface area contributed by atoms with Crippen LogP contribution in [0.2, 0.25) is 0 Å². The molecule has 2 N–H and O–H groups in total. The van der Waals surface area contributed by atoms with E-state index in [1.807, 2.05) is 61.5 Å². The summed E-state index contributed by atoms with van der Waals surface area (Å²) in [5.41, 5.74) is 6.53. The van der Waals surface area contributed by atoms with Crippen LogP contribution in [0, 0.1) is 13.8 Å². The Kier molecular flexibility index (Phi) is 7.39. The standard InChI is InChI=1S/C33H32N6O3/c1-20-8-7-11-24(14-20)21(2)34-32-27-15-25(12-13-28(27)35-22(3)36-32)29-16-26-17-31(40)30(18-39(26)38-29)37-33(41)42-19-23-9-5-4-6-10-23/h4-16,21,30H,17-19H2,1-3H3,(H,37,41)(H,34,35,36)/t21-,30?/m1/s1. The Morgan fingerprint density at radius 2 is 1.86 bits per heavy atom. The van der Waals surface area contributed by atoms with E-state index in [0.29, 0.717) is 5.82 Å². The Balaban J connectivity index is 1.21. The fraction of sp³-hybridized carbons (Fsp3) is 0.242. The molecule has 2 atom stereocenters. The van der Waals surface area contributed by atoms with Crippen molar-refractivity contribution in [3.63, 3.8) is 0 Å². The zero-order valence-electron chi connectivity index (χ0n) is 23.8. The zero-order chi connectivity index (χ0) is 29.2. The molecule has 0 spiro atoms. The molecule has 2 aromatic heterocycles. The average molecular weight is 561 g/mol. The SMILES string of the molecule is Cc1cccc([C@@H](C)Nc2nc(C)nc3ccc(-c4cc5n(n4)CC(NC(=O)OCc4ccccc4)C(=O)C5)cc23)c1. The Labute approximate surface area is 244 Å². The van der Waals surface area contributed by atoms with Crippen LogP contribution in [0.25, 0.3) is 22.2 Å². The number of rotatable bonds is 7. The maximum absolute atomic E-state index is 12.9. The molecule has 0 radical (unpaired) electrons. The molecule has 9 heteroatoms. The van der Waals surface area contributed by atoms with Crippen LogP contribution < -0.4 is 10.6 Å². The first kappa shape index (κ1) is 27.1. The first-order valence-corrected chi connectivity index (χ1v) is 14.0. The Morgan fingerprint density at radius 1 is 1.02 bits per heavy atom. The van der Waals surface area contributed by atoms with Crippen molar-refractivity contribution in [2.75, 3.05) is 5.32 Å². The number of carbonyl (C=O) groups is 2. The van der Waals surface area contributed by atoms with Crippen LogP contribution in [0.15, 0.2) is 78.9 Å². The number of benzene rings is 3. The average Bonchev–Trinajstić information content (AvgIpc) is 3.39. The van der Waals surface area contributed by atoms with Crippen molar-refractivity contribution >= 4 is 28.6 Å². The predicted octanol–water partition coefficient (Wildman–Crippen LogP) is 5.70. The number of amides is 1. The third-order valence-corrected chi connectivity index (χ3v) is 7.47. The maximum atomic E-state index is 12.9. The van der Waals surface area contributed by atoms with Crippen LogP contribution in [-0.2, 0) is 29.1 Å². The van der Waals surface area contributed by atoms with Gasteiger partial charge in [0, 0.05) is 22.7 Å². The van der Waals surface area contributed by atoms with Gasteiger partial charge in [0.2, 0.25) is 0 Å². The minimum Gasteiger partial charge on any atom is -0.445 e. The third kappa shape index (κ3) is 5.85. The van der Waals surface area contributed by atoms with Crippen molar-refractivity contribution in [3.8, 4) is 11.3 Å². The summed E-state index contributed by atoms with van der Waals surface area (Å²) in [5.74, 6) is 1.36. The van der Waals surface area contributed by atoms with E-state index in [0.717, 1.165) is 39.2 Å². The number of alkyl carbamates (subject to hydrolysis) is 1. The molecule has 1 aliphatic rings. The van der Waals surface area contributed by atoms with Crippen molar-refractivity contribution < 1.29 is 14.3 Å². The van der Waals surface area contributed by atoms with Gasteiger partial charge in [-0.3, -0.25) is 9.48 Å². The highest BCUT2D eigenvalue weighted by Crippen LogP contribution is 2.30. The van der Waals surface area contributed by atoms with Gasteiger partial charge in [-0.15, -0.1) is 0 Å². The molecule has 0 aliphatic carbocycles. The lowest BCUT2D eigenvalue weighted by molar-refractivity contribution is -0.121. The van der Waals surface area contributed by atoms with Gasteiger partial charge in [-0.25, -0.2) is 14.8 Å². The van der Waals surface area contributed by atoms with E-state index in [1.54, 1.807) is 4.68 Å². The topological polar surface area (TPSA) is 111 Å². The summed E-state index contributed by atoms with van der Waals surface area (Å²) in [7, 11) is 0. The molecule has 212 valence electrons. The Morgan fingerprint density at radius 3 is 2.67 bits per heavy atom. The number of fused-ring (bicyclic) bond motifs is 2. The van der Waals surface area contributed by atoms with Gasteiger partial charge in [0.25, 0.3) is 0 Å². The molecule has 0 bridgehead atoms. The van der Waals surface area contributed by atoms with Crippen molar-refractivity contribution in [1.82, 2.24) is 25.1 Å². The summed E-state index contributed by atoms with van der Waals surface area (Å²) in [5, 5.41) is 12.0. The summed E-state index contributed by atoms with van der Waals surface area (Å²) >= 11 is 0. The largest absolute Gasteiger partial charge is 0.445 e. The number of Topliss-reactive ketones (excluding diaryl/α,β-unsaturated/α-hetero) is 1. The van der Waals surface area contributed by atoms with Gasteiger partial charge in [-0.05, 0) is 50.1 Å². The van der Waals surface area contributed by atoms with E-state index in [1.165, 1.54) is 11.1 Å². The minimum absolute atomic E-state index is 0.0424. The van der Waals surface area contributed by atoms with Crippen LogP contribution in [0.4, 0.5) is 10.6 Å². The fourth-order valence-corrected chi connectivity index (χ4v) is 5.25. The second-order valence-corrected chi connectivity index (χ2v) is 10.7. The molecule has 0 fully saturated rings. The number of carbonyl (C=O) groups excluding carboxylic acids is 2. The van der Waals surface area contributed by atoms with Gasteiger partial charge >= 0.3 is 6.09 Å². The van der Waals surface area contributed by atoms with Crippen LogP contribution in [0.5, 0.6) is 0 Å². The van der Waals surface area contributed by atoms with Crippen molar-refractivity contribution in [2.45, 2.75) is 52.4 Å². The van der Waals surface area contributed by atoms with E-state index >= 15 is 0 Å². The van der Waals surface area contributed by atoms with Crippen molar-refractivity contribution in [3.05, 3.63) is 107 Å². The number of anilines is 1. The molecule has 3 aromatic carbocycles. The quantitative estimate of drug-likeness (QED) is 0.263. The van der Waals surface area contributed by atoms with Crippen LogP contribution in [0.3, 0.4) is 0 Å². The maximum Gasteiger partial charge on any atom is 0.408 e. The molecule has 42 heavy (non-hydrogen) atoms. The summed E-state index contributed by atoms with van der Waals surface area (Å²) in [4.78, 5) is 34.6. The molecular weight excluding hydrogens is 528 g/mol. The number of ketones is 1. The van der Waals surface area contributed by atoms with Crippen LogP contribution >= 0.6 is 0 Å². The number of hydrogen-bond donors (Lipinski definition) is 2. The third-order valence-electron chi connectivity index (χ3n) is 7.47. The van der Waals surface area contributed by atoms with Gasteiger partial charge in [-0.1, -0.05) is 66.2 Å². The van der Waals surface area contributed by atoms with Gasteiger partial charge < -0.3 is 15.4 Å². The first-order chi connectivity index (χ1) is 20.3. The van der Waals surface area contributed by atoms with Gasteiger partial charge in [0.05, 0.1) is 24.2 Å². The normalized spacial score (nSPS) is 15.2. The fourth-order valence-electron chi connectivity index (χ4n) is 5.25. The van der Waals surface area contributed by atoms with Gasteiger partial charge in [-0.2, -0.15) is 5.10 Å². The van der Waals surface area contributed by atoms with E-state index in [4.69, 9.17) is 14.8 Å². The highest BCUT2D eigenvalue weighted by molar-refractivity contribution is 5.93. The summed E-state index contributed by atoms with van der Waals surface area (Å²) in [6, 6.07) is 25.1. The molecule has 1 amide bonds. The molecule has 0 saturated carbocycles. The Bertz CT molecular complexity index is 1780. The van der Waals surface area contributed by atoms with Crippen molar-refractivity contribution in [1.29, 1.82) is 0 Å². The summed E-state index contributed by atoms with van der Waals surface area (Å²) in [6.07, 6.45) is -0.453. The number of aryl methyl sites for hydroxylation is 2. The second-order valence-electron chi connectivity index (χ2n) is 10.7. The highest BCUT2D eigenvalue weighted by Gasteiger charge is 2.29. The van der Waals surface area contributed by atoms with Crippen molar-refractivity contribution in [2.24, 2.45) is 0 Å². The smallest absolute Gasteiger partial charge is 0.408 e. The summed E-state index contributed by atoms with van der Waals surface area (Å²) in [6.45, 7) is 6.46. The molecule has 1 aliphatic heterocycles. The number of nitrogens with one attached hydrogen (secondary N) is 2. The minimum atomic E-state index is -0.708. The molecule has 9 nitrogen and oxygen atoms in total. The lowest BCUT2D eigenvalue weighted by Gasteiger charge is -2.23. The van der Waals surface area contributed by atoms with E-state index < -0.39 is 12.1 Å². The number of hydrogen-bond acceptors (Lipinski definition) is 7. The molecule has 3 heterocycles. The predicted molar refractivity (Wildman–Crippen MR) is 161 cm³/mol. The number of aromatic nitrogens is 4. The van der Waals surface area contributed by atoms with E-state index in [9.17, 15) is 9.59 Å². The zero-order valence-corrected chi connectivity index (χ0v) is 23.8. The van der Waals surface area contributed by atoms with E-state index in [-0.39, 0.29) is 31.4 Å². The van der Waals surface area contributed by atoms with Gasteiger partial charge in [0.15, 0.2) is 5.78 Å². The van der Waals surface area contributed by atoms with E-state index in [2.05, 4.69) is 53.7 Å². The lowest BCUT2D eigenvalue weighted by Crippen LogP contribution is -2.47. The molecule has 1 unspecified atom stereocenters. The molecular formula is C33H32N6O3. The highest BCUT2D eigenvalue weighted by atomic mass is 16.5. The van der Waals surface area contributed by atoms with Gasteiger partial charge in [0.1, 0.15) is 24.3 Å². The lowest BCUT2D eigenvalue weighted by atomic mass is 10.0. The number of nitrogens with zero attached hydrogens (tertiary/aromatic N) is 4. The molecule has 5 aromatic rings. The monoisotopic (exact) mass is 560 g/mol. The van der Waals surface area contributed by atoms with Crippen LogP contribution in [0.1, 0.15) is 41.2 Å². The second kappa shape index (κ2) is 11.4. The van der Waals surface area contributed by atoms with Crippen LogP contribution in [-0.4, -0.2) is 37.7 Å². The first-order valence-electron chi connectivity index (χ1n) is 14.0. The summed E-state index contributed by atoms with van der Waals surface area (Å²) < 4.78 is 7.10. The number of ether oxygens (including phenoxy) is 1. The Hall–Kier alpha value is -5.05. The molecule has 0 saturated heterocycles. The molecule has 6 rings (SSSR count).